The number of hydrogen-bond donors (Lipinski definition) is 1. The molecule has 0 aliphatic rings. The first-order valence-electron chi connectivity index (χ1n) is 6.06. The molecular formula is C14H18FN3. The van der Waals surface area contributed by atoms with Gasteiger partial charge in [-0.05, 0) is 43.5 Å². The average Bonchev–Trinajstić information content (AvgIpc) is 2.68. The molecular weight excluding hydrogens is 229 g/mol. The van der Waals surface area contributed by atoms with Crippen molar-refractivity contribution in [2.75, 3.05) is 12.4 Å². The van der Waals surface area contributed by atoms with E-state index < -0.39 is 0 Å². The predicted octanol–water partition coefficient (Wildman–Crippen LogP) is 2.92. The van der Waals surface area contributed by atoms with Crippen molar-refractivity contribution < 1.29 is 4.39 Å². The zero-order chi connectivity index (χ0) is 13.1. The van der Waals surface area contributed by atoms with E-state index in [1.807, 2.05) is 33.2 Å². The zero-order valence-electron chi connectivity index (χ0n) is 11.0. The molecule has 3 nitrogen and oxygen atoms in total. The molecule has 0 aliphatic heterocycles. The second-order valence-corrected chi connectivity index (χ2v) is 4.47. The third kappa shape index (κ3) is 2.70. The van der Waals surface area contributed by atoms with Gasteiger partial charge in [-0.2, -0.15) is 0 Å². The van der Waals surface area contributed by atoms with Crippen LogP contribution in [0.25, 0.3) is 0 Å². The highest BCUT2D eigenvalue weighted by molar-refractivity contribution is 5.29. The van der Waals surface area contributed by atoms with Crippen molar-refractivity contribution in [3.05, 3.63) is 47.0 Å². The number of aromatic nitrogens is 2. The summed E-state index contributed by atoms with van der Waals surface area (Å²) in [5.41, 5.74) is 3.16. The van der Waals surface area contributed by atoms with Gasteiger partial charge in [-0.15, -0.1) is 0 Å². The Bertz CT molecular complexity index is 546. The van der Waals surface area contributed by atoms with E-state index in [0.717, 1.165) is 30.2 Å². The summed E-state index contributed by atoms with van der Waals surface area (Å²) in [6, 6.07) is 4.95. The minimum atomic E-state index is -0.175. The molecule has 1 aromatic carbocycles. The monoisotopic (exact) mass is 247 g/mol. The molecule has 0 fully saturated rings. The molecule has 0 radical (unpaired) electrons. The van der Waals surface area contributed by atoms with Crippen LogP contribution in [0.4, 0.5) is 10.3 Å². The van der Waals surface area contributed by atoms with E-state index in [2.05, 4.69) is 14.9 Å². The lowest BCUT2D eigenvalue weighted by molar-refractivity contribution is 0.624. The lowest BCUT2D eigenvalue weighted by Gasteiger charge is -2.09. The van der Waals surface area contributed by atoms with Crippen molar-refractivity contribution in [1.82, 2.24) is 9.55 Å². The summed E-state index contributed by atoms with van der Waals surface area (Å²) < 4.78 is 15.1. The molecule has 1 aromatic heterocycles. The summed E-state index contributed by atoms with van der Waals surface area (Å²) in [6.45, 7) is 4.75. The highest BCUT2D eigenvalue weighted by atomic mass is 19.1. The molecule has 0 bridgehead atoms. The SMILES string of the molecule is CNc1nc(C)cn1CCc1ccc(F)cc1C. The molecule has 0 saturated carbocycles. The van der Waals surface area contributed by atoms with Gasteiger partial charge in [0.1, 0.15) is 5.82 Å². The van der Waals surface area contributed by atoms with E-state index in [1.54, 1.807) is 6.07 Å². The number of nitrogens with zero attached hydrogens (tertiary/aromatic N) is 2. The lowest BCUT2D eigenvalue weighted by atomic mass is 10.1. The largest absolute Gasteiger partial charge is 0.359 e. The lowest BCUT2D eigenvalue weighted by Crippen LogP contribution is -2.06. The highest BCUT2D eigenvalue weighted by Crippen LogP contribution is 2.14. The summed E-state index contributed by atoms with van der Waals surface area (Å²) in [5, 5.41) is 3.07. The number of halogens is 1. The van der Waals surface area contributed by atoms with E-state index in [1.165, 1.54) is 11.6 Å². The fourth-order valence-corrected chi connectivity index (χ4v) is 2.10. The van der Waals surface area contributed by atoms with Crippen LogP contribution in [0, 0.1) is 19.7 Å². The molecule has 1 N–H and O–H groups in total. The third-order valence-electron chi connectivity index (χ3n) is 3.05. The number of aryl methyl sites for hydroxylation is 4. The van der Waals surface area contributed by atoms with Crippen molar-refractivity contribution in [3.8, 4) is 0 Å². The molecule has 0 atom stereocenters. The molecule has 2 aromatic rings. The van der Waals surface area contributed by atoms with E-state index in [4.69, 9.17) is 0 Å². The van der Waals surface area contributed by atoms with Crippen LogP contribution in [0.2, 0.25) is 0 Å². The minimum absolute atomic E-state index is 0.175. The van der Waals surface area contributed by atoms with Crippen molar-refractivity contribution in [3.63, 3.8) is 0 Å². The number of imidazole rings is 1. The van der Waals surface area contributed by atoms with Gasteiger partial charge in [0, 0.05) is 19.8 Å². The van der Waals surface area contributed by atoms with Gasteiger partial charge in [0.2, 0.25) is 5.95 Å². The molecule has 2 rings (SSSR count). The van der Waals surface area contributed by atoms with Crippen LogP contribution in [0.15, 0.2) is 24.4 Å². The highest BCUT2D eigenvalue weighted by Gasteiger charge is 2.05. The number of rotatable bonds is 4. The molecule has 0 unspecified atom stereocenters. The number of nitrogens with one attached hydrogen (secondary N) is 1. The second-order valence-electron chi connectivity index (χ2n) is 4.47. The Hall–Kier alpha value is -1.84. The van der Waals surface area contributed by atoms with Crippen LogP contribution in [-0.2, 0) is 13.0 Å². The minimum Gasteiger partial charge on any atom is -0.359 e. The predicted molar refractivity (Wildman–Crippen MR) is 71.4 cm³/mol. The van der Waals surface area contributed by atoms with Crippen LogP contribution in [-0.4, -0.2) is 16.6 Å². The average molecular weight is 247 g/mol. The molecule has 4 heteroatoms. The van der Waals surface area contributed by atoms with E-state index >= 15 is 0 Å². The maximum absolute atomic E-state index is 13.0. The van der Waals surface area contributed by atoms with Crippen molar-refractivity contribution in [2.24, 2.45) is 0 Å². The molecule has 0 amide bonds. The van der Waals surface area contributed by atoms with Crippen LogP contribution in [0.3, 0.4) is 0 Å². The first-order chi connectivity index (χ1) is 8.60. The van der Waals surface area contributed by atoms with E-state index in [9.17, 15) is 4.39 Å². The summed E-state index contributed by atoms with van der Waals surface area (Å²) in [4.78, 5) is 4.37. The number of benzene rings is 1. The molecule has 0 spiro atoms. The van der Waals surface area contributed by atoms with Crippen LogP contribution >= 0.6 is 0 Å². The quantitative estimate of drug-likeness (QED) is 0.900. The fraction of sp³-hybridized carbons (Fsp3) is 0.357. The molecule has 0 aliphatic carbocycles. The van der Waals surface area contributed by atoms with Gasteiger partial charge in [0.25, 0.3) is 0 Å². The second kappa shape index (κ2) is 5.21. The third-order valence-corrected chi connectivity index (χ3v) is 3.05. The van der Waals surface area contributed by atoms with E-state index in [0.29, 0.717) is 0 Å². The van der Waals surface area contributed by atoms with Crippen LogP contribution in [0.5, 0.6) is 0 Å². The summed E-state index contributed by atoms with van der Waals surface area (Å²) in [6.07, 6.45) is 2.89. The van der Waals surface area contributed by atoms with Gasteiger partial charge in [0.15, 0.2) is 0 Å². The van der Waals surface area contributed by atoms with Gasteiger partial charge in [-0.25, -0.2) is 9.37 Å². The molecule has 18 heavy (non-hydrogen) atoms. The first kappa shape index (κ1) is 12.6. The Balaban J connectivity index is 2.11. The van der Waals surface area contributed by atoms with Gasteiger partial charge in [0.05, 0.1) is 5.69 Å². The maximum atomic E-state index is 13.0. The van der Waals surface area contributed by atoms with Crippen molar-refractivity contribution in [1.29, 1.82) is 0 Å². The number of anilines is 1. The number of hydrogen-bond acceptors (Lipinski definition) is 2. The Morgan fingerprint density at radius 3 is 2.78 bits per heavy atom. The Morgan fingerprint density at radius 1 is 1.33 bits per heavy atom. The molecule has 0 saturated heterocycles. The van der Waals surface area contributed by atoms with Crippen LogP contribution in [0.1, 0.15) is 16.8 Å². The Kier molecular flexibility index (Phi) is 3.65. The summed E-state index contributed by atoms with van der Waals surface area (Å²) in [7, 11) is 1.86. The molecule has 96 valence electrons. The topological polar surface area (TPSA) is 29.9 Å². The van der Waals surface area contributed by atoms with Crippen molar-refractivity contribution in [2.45, 2.75) is 26.8 Å². The van der Waals surface area contributed by atoms with Gasteiger partial charge in [-0.1, -0.05) is 6.07 Å². The maximum Gasteiger partial charge on any atom is 0.202 e. The van der Waals surface area contributed by atoms with Crippen LogP contribution < -0.4 is 5.32 Å². The van der Waals surface area contributed by atoms with Gasteiger partial charge >= 0.3 is 0 Å². The Labute approximate surface area is 107 Å². The molecule has 1 heterocycles. The summed E-state index contributed by atoms with van der Waals surface area (Å²) in [5.74, 6) is 0.693. The summed E-state index contributed by atoms with van der Waals surface area (Å²) >= 11 is 0. The first-order valence-corrected chi connectivity index (χ1v) is 6.06. The smallest absolute Gasteiger partial charge is 0.202 e. The van der Waals surface area contributed by atoms with E-state index in [-0.39, 0.29) is 5.82 Å². The van der Waals surface area contributed by atoms with Gasteiger partial charge < -0.3 is 9.88 Å². The Morgan fingerprint density at radius 2 is 2.11 bits per heavy atom. The zero-order valence-corrected chi connectivity index (χ0v) is 11.0. The standard InChI is InChI=1S/C14H18FN3/c1-10-8-13(15)5-4-12(10)6-7-18-9-11(2)17-14(18)16-3/h4-5,8-9H,6-7H2,1-3H3,(H,16,17). The fourth-order valence-electron chi connectivity index (χ4n) is 2.10. The normalized spacial score (nSPS) is 10.7. The van der Waals surface area contributed by atoms with Gasteiger partial charge in [-0.3, -0.25) is 0 Å². The van der Waals surface area contributed by atoms with Crippen molar-refractivity contribution >= 4 is 5.95 Å².